The minimum Gasteiger partial charge on any atom is -0.394 e. The normalized spacial score (nSPS) is 30.3. The van der Waals surface area contributed by atoms with Crippen molar-refractivity contribution in [3.8, 4) is 0 Å². The Hall–Kier alpha value is -0.380. The van der Waals surface area contributed by atoms with Crippen molar-refractivity contribution < 1.29 is 14.6 Å². The van der Waals surface area contributed by atoms with Gasteiger partial charge in [0.25, 0.3) is 0 Å². The average Bonchev–Trinajstić information content (AvgIpc) is 2.61. The van der Waals surface area contributed by atoms with Crippen LogP contribution in [0.25, 0.3) is 0 Å². The molecule has 0 radical (unpaired) electrons. The molecule has 1 fully saturated rings. The van der Waals surface area contributed by atoms with Crippen LogP contribution in [-0.4, -0.2) is 30.7 Å². The van der Waals surface area contributed by atoms with E-state index in [0.717, 1.165) is 12.8 Å². The second-order valence-electron chi connectivity index (χ2n) is 3.49. The van der Waals surface area contributed by atoms with Gasteiger partial charge in [-0.3, -0.25) is 0 Å². The lowest BCUT2D eigenvalue weighted by atomic mass is 10.1. The number of hydrogen-bond acceptors (Lipinski definition) is 3. The summed E-state index contributed by atoms with van der Waals surface area (Å²) in [5, 5.41) is 8.79. The van der Waals surface area contributed by atoms with E-state index in [9.17, 15) is 0 Å². The summed E-state index contributed by atoms with van der Waals surface area (Å²) < 4.78 is 10.7. The Labute approximate surface area is 79.3 Å². The SMILES string of the molecule is C=CC(C)CCC1OCC(CO)O1. The summed E-state index contributed by atoms with van der Waals surface area (Å²) in [5.74, 6) is 0.500. The summed E-state index contributed by atoms with van der Waals surface area (Å²) in [4.78, 5) is 0. The van der Waals surface area contributed by atoms with E-state index in [2.05, 4.69) is 13.5 Å². The first-order chi connectivity index (χ1) is 6.26. The maximum Gasteiger partial charge on any atom is 0.158 e. The van der Waals surface area contributed by atoms with E-state index in [1.165, 1.54) is 0 Å². The van der Waals surface area contributed by atoms with E-state index in [1.807, 2.05) is 6.08 Å². The lowest BCUT2D eigenvalue weighted by molar-refractivity contribution is -0.0710. The summed E-state index contributed by atoms with van der Waals surface area (Å²) in [6, 6.07) is 0. The van der Waals surface area contributed by atoms with Gasteiger partial charge in [0.05, 0.1) is 13.2 Å². The van der Waals surface area contributed by atoms with E-state index in [0.29, 0.717) is 12.5 Å². The van der Waals surface area contributed by atoms with Gasteiger partial charge in [0.2, 0.25) is 0 Å². The molecule has 0 amide bonds. The zero-order valence-corrected chi connectivity index (χ0v) is 8.11. The Kier molecular flexibility index (Phi) is 4.42. The minimum absolute atomic E-state index is 0.0491. The molecule has 3 heteroatoms. The highest BCUT2D eigenvalue weighted by Crippen LogP contribution is 2.18. The number of ether oxygens (including phenoxy) is 2. The van der Waals surface area contributed by atoms with Crippen molar-refractivity contribution in [1.82, 2.24) is 0 Å². The van der Waals surface area contributed by atoms with Gasteiger partial charge < -0.3 is 14.6 Å². The topological polar surface area (TPSA) is 38.7 Å². The van der Waals surface area contributed by atoms with Crippen LogP contribution in [-0.2, 0) is 9.47 Å². The predicted molar refractivity (Wildman–Crippen MR) is 50.3 cm³/mol. The first-order valence-electron chi connectivity index (χ1n) is 4.76. The van der Waals surface area contributed by atoms with Gasteiger partial charge in [0.15, 0.2) is 6.29 Å². The molecule has 3 unspecified atom stereocenters. The average molecular weight is 186 g/mol. The molecule has 1 aliphatic rings. The van der Waals surface area contributed by atoms with Crippen LogP contribution in [0.2, 0.25) is 0 Å². The number of aliphatic hydroxyl groups is 1. The molecule has 0 aromatic rings. The molecule has 3 atom stereocenters. The first-order valence-corrected chi connectivity index (χ1v) is 4.76. The van der Waals surface area contributed by atoms with Crippen LogP contribution in [0.4, 0.5) is 0 Å². The van der Waals surface area contributed by atoms with Gasteiger partial charge in [-0.2, -0.15) is 0 Å². The fraction of sp³-hybridized carbons (Fsp3) is 0.800. The Morgan fingerprint density at radius 3 is 3.00 bits per heavy atom. The molecule has 76 valence electrons. The maximum absolute atomic E-state index is 8.79. The Morgan fingerprint density at radius 2 is 2.46 bits per heavy atom. The molecule has 3 nitrogen and oxygen atoms in total. The third kappa shape index (κ3) is 3.46. The highest BCUT2D eigenvalue weighted by atomic mass is 16.7. The highest BCUT2D eigenvalue weighted by molar-refractivity contribution is 4.75. The van der Waals surface area contributed by atoms with Crippen molar-refractivity contribution in [2.24, 2.45) is 5.92 Å². The van der Waals surface area contributed by atoms with E-state index in [-0.39, 0.29) is 19.0 Å². The molecule has 0 spiro atoms. The monoisotopic (exact) mass is 186 g/mol. The molecular formula is C10H18O3. The molecule has 1 rings (SSSR count). The van der Waals surface area contributed by atoms with Crippen molar-refractivity contribution in [3.05, 3.63) is 12.7 Å². The Bertz CT molecular complexity index is 158. The summed E-state index contributed by atoms with van der Waals surface area (Å²) >= 11 is 0. The van der Waals surface area contributed by atoms with Gasteiger partial charge in [-0.15, -0.1) is 6.58 Å². The third-order valence-electron chi connectivity index (χ3n) is 2.28. The van der Waals surface area contributed by atoms with E-state index in [1.54, 1.807) is 0 Å². The molecule has 0 aromatic heterocycles. The van der Waals surface area contributed by atoms with Crippen LogP contribution in [0.5, 0.6) is 0 Å². The maximum atomic E-state index is 8.79. The van der Waals surface area contributed by atoms with Gasteiger partial charge in [0, 0.05) is 0 Å². The smallest absolute Gasteiger partial charge is 0.158 e. The molecular weight excluding hydrogens is 168 g/mol. The summed E-state index contributed by atoms with van der Waals surface area (Å²) in [6.07, 6.45) is 3.58. The second kappa shape index (κ2) is 5.37. The first kappa shape index (κ1) is 10.7. The van der Waals surface area contributed by atoms with Crippen LogP contribution >= 0.6 is 0 Å². The largest absolute Gasteiger partial charge is 0.394 e. The van der Waals surface area contributed by atoms with Crippen molar-refractivity contribution in [3.63, 3.8) is 0 Å². The zero-order chi connectivity index (χ0) is 9.68. The molecule has 1 N–H and O–H groups in total. The summed E-state index contributed by atoms with van der Waals surface area (Å²) in [6.45, 7) is 6.40. The van der Waals surface area contributed by atoms with Gasteiger partial charge in [-0.25, -0.2) is 0 Å². The number of hydrogen-bond donors (Lipinski definition) is 1. The standard InChI is InChI=1S/C10H18O3/c1-3-8(2)4-5-10-12-7-9(6-11)13-10/h3,8-11H,1,4-7H2,2H3. The lowest BCUT2D eigenvalue weighted by Gasteiger charge is -2.11. The van der Waals surface area contributed by atoms with Gasteiger partial charge in [-0.1, -0.05) is 13.0 Å². The minimum atomic E-state index is -0.125. The zero-order valence-electron chi connectivity index (χ0n) is 8.11. The van der Waals surface area contributed by atoms with Gasteiger partial charge >= 0.3 is 0 Å². The summed E-state index contributed by atoms with van der Waals surface area (Å²) in [5.41, 5.74) is 0. The quantitative estimate of drug-likeness (QED) is 0.658. The molecule has 0 bridgehead atoms. The molecule has 0 saturated carbocycles. The predicted octanol–water partition coefficient (Wildman–Crippen LogP) is 1.32. The van der Waals surface area contributed by atoms with E-state index < -0.39 is 0 Å². The van der Waals surface area contributed by atoms with Gasteiger partial charge in [-0.05, 0) is 18.8 Å². The van der Waals surface area contributed by atoms with Crippen LogP contribution in [0, 0.1) is 5.92 Å². The van der Waals surface area contributed by atoms with Crippen LogP contribution in [0.3, 0.4) is 0 Å². The molecule has 0 aromatic carbocycles. The van der Waals surface area contributed by atoms with Crippen molar-refractivity contribution in [2.45, 2.75) is 32.2 Å². The van der Waals surface area contributed by atoms with E-state index >= 15 is 0 Å². The lowest BCUT2D eigenvalue weighted by Crippen LogP contribution is -2.16. The molecule has 1 saturated heterocycles. The molecule has 1 heterocycles. The van der Waals surface area contributed by atoms with Crippen molar-refractivity contribution in [2.75, 3.05) is 13.2 Å². The fourth-order valence-corrected chi connectivity index (χ4v) is 1.27. The number of aliphatic hydroxyl groups excluding tert-OH is 1. The third-order valence-corrected chi connectivity index (χ3v) is 2.28. The summed E-state index contributed by atoms with van der Waals surface area (Å²) in [7, 11) is 0. The molecule has 13 heavy (non-hydrogen) atoms. The van der Waals surface area contributed by atoms with Crippen LogP contribution < -0.4 is 0 Å². The van der Waals surface area contributed by atoms with Crippen molar-refractivity contribution >= 4 is 0 Å². The number of rotatable bonds is 5. The van der Waals surface area contributed by atoms with Crippen molar-refractivity contribution in [1.29, 1.82) is 0 Å². The second-order valence-corrected chi connectivity index (χ2v) is 3.49. The Morgan fingerprint density at radius 1 is 1.69 bits per heavy atom. The van der Waals surface area contributed by atoms with E-state index in [4.69, 9.17) is 14.6 Å². The van der Waals surface area contributed by atoms with Crippen LogP contribution in [0.1, 0.15) is 19.8 Å². The molecule has 1 aliphatic heterocycles. The fourth-order valence-electron chi connectivity index (χ4n) is 1.27. The molecule has 0 aliphatic carbocycles. The highest BCUT2D eigenvalue weighted by Gasteiger charge is 2.24. The number of allylic oxidation sites excluding steroid dienone is 1. The van der Waals surface area contributed by atoms with Crippen LogP contribution in [0.15, 0.2) is 12.7 Å². The Balaban J connectivity index is 2.13. The van der Waals surface area contributed by atoms with Gasteiger partial charge in [0.1, 0.15) is 6.10 Å².